The molecule has 2 aromatic heterocycles. The maximum absolute atomic E-state index is 6.20. The van der Waals surface area contributed by atoms with Gasteiger partial charge in [0.2, 0.25) is 0 Å². The van der Waals surface area contributed by atoms with Crippen molar-refractivity contribution in [3.63, 3.8) is 0 Å². The van der Waals surface area contributed by atoms with E-state index in [0.717, 1.165) is 33.4 Å². The summed E-state index contributed by atoms with van der Waals surface area (Å²) in [5.74, 6) is 0. The normalized spacial score (nSPS) is 11.2. The average Bonchev–Trinajstić information content (AvgIpc) is 3.48. The standard InChI is InChI=1S/C32H18Cl4S2/c33-23-9-1-19(2-10-23)31(20-3-11-24(34)12-4-20)29-17-27-28(37-29)18-30(38-27)32(21-5-13-25(35)14-6-21)22-7-15-26(36)16-8-22/h1-18H. The Morgan fingerprint density at radius 2 is 0.605 bits per heavy atom. The summed E-state index contributed by atoms with van der Waals surface area (Å²) in [5, 5.41) is 2.86. The van der Waals surface area contributed by atoms with Crippen LogP contribution in [0.15, 0.2) is 109 Å². The van der Waals surface area contributed by atoms with Gasteiger partial charge in [0.25, 0.3) is 0 Å². The second-order valence-corrected chi connectivity index (χ2v) is 12.6. The van der Waals surface area contributed by atoms with E-state index < -0.39 is 0 Å². The number of thiophene rings is 2. The minimum atomic E-state index is 0.716. The van der Waals surface area contributed by atoms with Crippen LogP contribution in [0.1, 0.15) is 22.3 Å². The molecule has 2 heterocycles. The number of halogens is 4. The largest absolute Gasteiger partial charge is 0.134 e. The van der Waals surface area contributed by atoms with Gasteiger partial charge in [-0.05, 0) is 82.9 Å². The van der Waals surface area contributed by atoms with Crippen LogP contribution in [-0.2, 0) is 0 Å². The summed E-state index contributed by atoms with van der Waals surface area (Å²) >= 11 is 28.4. The Morgan fingerprint density at radius 1 is 0.368 bits per heavy atom. The van der Waals surface area contributed by atoms with Crippen molar-refractivity contribution in [2.45, 2.75) is 0 Å². The first-order valence-corrected chi connectivity index (χ1v) is 14.9. The Balaban J connectivity index is 1.59. The van der Waals surface area contributed by atoms with E-state index in [1.807, 2.05) is 48.5 Å². The van der Waals surface area contributed by atoms with E-state index in [-0.39, 0.29) is 0 Å². The highest BCUT2D eigenvalue weighted by atomic mass is 35.5. The van der Waals surface area contributed by atoms with E-state index in [2.05, 4.69) is 60.7 Å². The number of benzene rings is 4. The first-order valence-electron chi connectivity index (χ1n) is 11.8. The molecule has 0 atom stereocenters. The molecule has 0 nitrogen and oxygen atoms in total. The highest BCUT2D eigenvalue weighted by Gasteiger charge is 2.13. The van der Waals surface area contributed by atoms with Crippen molar-refractivity contribution >= 4 is 89.6 Å². The highest BCUT2D eigenvalue weighted by Crippen LogP contribution is 2.30. The summed E-state index contributed by atoms with van der Waals surface area (Å²) in [6.45, 7) is 0. The van der Waals surface area contributed by atoms with Crippen LogP contribution in [0.4, 0.5) is 0 Å². The fourth-order valence-corrected chi connectivity index (χ4v) is 7.53. The first kappa shape index (κ1) is 25.7. The van der Waals surface area contributed by atoms with E-state index >= 15 is 0 Å². The lowest BCUT2D eigenvalue weighted by Crippen LogP contribution is -2.04. The average molecular weight is 608 g/mol. The Hall–Kier alpha value is -2.56. The molecule has 0 fully saturated rings. The molecule has 6 aromatic rings. The fourth-order valence-electron chi connectivity index (χ4n) is 4.45. The van der Waals surface area contributed by atoms with Crippen molar-refractivity contribution in [3.8, 4) is 0 Å². The van der Waals surface area contributed by atoms with Crippen LogP contribution < -0.4 is 9.06 Å². The number of hydrogen-bond donors (Lipinski definition) is 0. The van der Waals surface area contributed by atoms with Gasteiger partial charge in [0.05, 0.1) is 0 Å². The third-order valence-corrected chi connectivity index (χ3v) is 9.57. The van der Waals surface area contributed by atoms with Crippen molar-refractivity contribution in [2.75, 3.05) is 0 Å². The van der Waals surface area contributed by atoms with Crippen LogP contribution in [0.25, 0.3) is 20.5 Å². The number of rotatable bonds is 4. The summed E-state index contributed by atoms with van der Waals surface area (Å²) in [7, 11) is 0. The highest BCUT2D eigenvalue weighted by molar-refractivity contribution is 7.26. The zero-order valence-corrected chi connectivity index (χ0v) is 24.4. The summed E-state index contributed by atoms with van der Waals surface area (Å²) in [5.41, 5.74) is 6.77. The minimum absolute atomic E-state index is 0.716. The second-order valence-electron chi connectivity index (χ2n) is 8.73. The lowest BCUT2D eigenvalue weighted by atomic mass is 9.98. The van der Waals surface area contributed by atoms with E-state index in [4.69, 9.17) is 46.4 Å². The maximum atomic E-state index is 6.20. The quantitative estimate of drug-likeness (QED) is 0.187. The smallest absolute Gasteiger partial charge is 0.0463 e. The monoisotopic (exact) mass is 606 g/mol. The predicted molar refractivity (Wildman–Crippen MR) is 168 cm³/mol. The second kappa shape index (κ2) is 10.9. The molecule has 186 valence electrons. The van der Waals surface area contributed by atoms with Crippen LogP contribution in [0.3, 0.4) is 0 Å². The van der Waals surface area contributed by atoms with Gasteiger partial charge in [0.1, 0.15) is 0 Å². The summed E-state index contributed by atoms with van der Waals surface area (Å²) < 4.78 is 4.87. The molecule has 6 heteroatoms. The molecule has 0 saturated heterocycles. The Bertz CT molecular complexity index is 1590. The van der Waals surface area contributed by atoms with Gasteiger partial charge < -0.3 is 0 Å². The van der Waals surface area contributed by atoms with Crippen LogP contribution in [0.2, 0.25) is 20.1 Å². The van der Waals surface area contributed by atoms with Gasteiger partial charge in [0.15, 0.2) is 0 Å². The molecule has 0 aliphatic rings. The number of hydrogen-bond acceptors (Lipinski definition) is 2. The molecular weight excluding hydrogens is 590 g/mol. The van der Waals surface area contributed by atoms with E-state index in [9.17, 15) is 0 Å². The fraction of sp³-hybridized carbons (Fsp3) is 0. The van der Waals surface area contributed by atoms with Crippen LogP contribution in [0.5, 0.6) is 0 Å². The lowest BCUT2D eigenvalue weighted by molar-refractivity contribution is 1.53. The van der Waals surface area contributed by atoms with Gasteiger partial charge in [-0.25, -0.2) is 0 Å². The Kier molecular flexibility index (Phi) is 7.37. The predicted octanol–water partition coefficient (Wildman–Crippen LogP) is 10.1. The van der Waals surface area contributed by atoms with E-state index in [1.165, 1.54) is 18.5 Å². The SMILES string of the molecule is Clc1ccc(C(c2ccc(Cl)cc2)=c2cc3sc(=C(c4ccc(Cl)cc4)c4ccc(Cl)cc4)cc3s2)cc1. The van der Waals surface area contributed by atoms with Crippen molar-refractivity contribution in [1.82, 2.24) is 0 Å². The van der Waals surface area contributed by atoms with Crippen LogP contribution in [-0.4, -0.2) is 0 Å². The lowest BCUT2D eigenvalue weighted by Gasteiger charge is -2.09. The van der Waals surface area contributed by atoms with Crippen molar-refractivity contribution < 1.29 is 0 Å². The molecule has 0 unspecified atom stereocenters. The zero-order valence-electron chi connectivity index (χ0n) is 19.7. The van der Waals surface area contributed by atoms with Gasteiger partial charge in [-0.15, -0.1) is 22.7 Å². The Morgan fingerprint density at radius 3 is 0.842 bits per heavy atom. The molecule has 4 aromatic carbocycles. The van der Waals surface area contributed by atoms with Crippen molar-refractivity contribution in [3.05, 3.63) is 161 Å². The molecule has 0 aliphatic heterocycles. The van der Waals surface area contributed by atoms with E-state index in [0.29, 0.717) is 20.1 Å². The van der Waals surface area contributed by atoms with Crippen molar-refractivity contribution in [2.24, 2.45) is 0 Å². The van der Waals surface area contributed by atoms with Crippen molar-refractivity contribution in [1.29, 1.82) is 0 Å². The van der Waals surface area contributed by atoms with Gasteiger partial charge in [-0.1, -0.05) is 94.9 Å². The topological polar surface area (TPSA) is 0 Å². The third-order valence-electron chi connectivity index (χ3n) is 6.23. The molecule has 38 heavy (non-hydrogen) atoms. The summed E-state index contributed by atoms with van der Waals surface area (Å²) in [4.78, 5) is 0. The van der Waals surface area contributed by atoms with Gasteiger partial charge >= 0.3 is 0 Å². The molecule has 0 aliphatic carbocycles. The first-order chi connectivity index (χ1) is 18.4. The summed E-state index contributed by atoms with van der Waals surface area (Å²) in [6.07, 6.45) is 0. The third kappa shape index (κ3) is 5.31. The molecule has 6 rings (SSSR count). The molecular formula is C32H18Cl4S2. The van der Waals surface area contributed by atoms with Crippen LogP contribution >= 0.6 is 69.1 Å². The van der Waals surface area contributed by atoms with E-state index in [1.54, 1.807) is 22.7 Å². The Labute approximate surface area is 248 Å². The maximum Gasteiger partial charge on any atom is 0.0463 e. The van der Waals surface area contributed by atoms with Crippen LogP contribution in [0, 0.1) is 0 Å². The minimum Gasteiger partial charge on any atom is -0.134 e. The molecule has 0 saturated carbocycles. The van der Waals surface area contributed by atoms with Gasteiger partial charge in [-0.3, -0.25) is 0 Å². The van der Waals surface area contributed by atoms with Gasteiger partial charge in [-0.2, -0.15) is 0 Å². The zero-order chi connectivity index (χ0) is 26.2. The number of fused-ring (bicyclic) bond motifs is 1. The molecule has 0 amide bonds. The molecule has 0 radical (unpaired) electrons. The summed E-state index contributed by atoms with van der Waals surface area (Å²) in [6, 6.07) is 36.6. The molecule has 0 bridgehead atoms. The molecule has 0 spiro atoms. The van der Waals surface area contributed by atoms with Gasteiger partial charge in [0, 0.05) is 49.7 Å². The molecule has 0 N–H and O–H groups in total.